The summed E-state index contributed by atoms with van der Waals surface area (Å²) in [4.78, 5) is 0. The third-order valence-corrected chi connectivity index (χ3v) is 14.4. The SMILES string of the molecule is CC1(C)c2ccccc2-c2c1ccc1c2sc2c(-c3cccc(-n4c5ccccc5c5cc(-c6ccc7sc8ccccc8c7c6)ccc54)c3)cccc21. The first-order chi connectivity index (χ1) is 26.5. The number of benzene rings is 8. The molecule has 3 heterocycles. The van der Waals surface area contributed by atoms with E-state index in [1.165, 1.54) is 112 Å². The minimum absolute atomic E-state index is 0.0109. The fourth-order valence-electron chi connectivity index (χ4n) is 9.42. The fourth-order valence-corrected chi connectivity index (χ4v) is 11.9. The molecule has 0 aliphatic heterocycles. The zero-order valence-corrected chi connectivity index (χ0v) is 31.5. The molecule has 0 N–H and O–H groups in total. The molecule has 3 aromatic heterocycles. The van der Waals surface area contributed by atoms with E-state index in [-0.39, 0.29) is 5.41 Å². The quantitative estimate of drug-likeness (QED) is 0.171. The maximum atomic E-state index is 2.45. The van der Waals surface area contributed by atoms with E-state index in [0.717, 1.165) is 0 Å². The van der Waals surface area contributed by atoms with Crippen molar-refractivity contribution in [3.63, 3.8) is 0 Å². The number of nitrogens with zero attached hydrogens (tertiary/aromatic N) is 1. The zero-order valence-electron chi connectivity index (χ0n) is 29.9. The van der Waals surface area contributed by atoms with E-state index in [2.05, 4.69) is 182 Å². The number of para-hydroxylation sites is 1. The maximum Gasteiger partial charge on any atom is 0.0541 e. The first-order valence-corrected chi connectivity index (χ1v) is 20.3. The third-order valence-electron chi connectivity index (χ3n) is 12.0. The van der Waals surface area contributed by atoms with Gasteiger partial charge in [-0.05, 0) is 87.5 Å². The predicted molar refractivity (Wildman–Crippen MR) is 235 cm³/mol. The van der Waals surface area contributed by atoms with Crippen LogP contribution in [0.1, 0.15) is 25.0 Å². The van der Waals surface area contributed by atoms with Crippen molar-refractivity contribution in [1.82, 2.24) is 4.57 Å². The summed E-state index contributed by atoms with van der Waals surface area (Å²) in [7, 11) is 0. The van der Waals surface area contributed by atoms with Crippen LogP contribution in [-0.4, -0.2) is 4.57 Å². The third kappa shape index (κ3) is 4.14. The van der Waals surface area contributed by atoms with Crippen molar-refractivity contribution in [2.24, 2.45) is 0 Å². The molecule has 0 spiro atoms. The average Bonchev–Trinajstić information content (AvgIpc) is 3.94. The van der Waals surface area contributed by atoms with E-state index in [1.54, 1.807) is 0 Å². The number of thiophene rings is 2. The monoisotopic (exact) mass is 723 g/mol. The molecule has 0 atom stereocenters. The molecule has 1 aliphatic carbocycles. The second kappa shape index (κ2) is 11.0. The topological polar surface area (TPSA) is 4.93 Å². The van der Waals surface area contributed by atoms with Gasteiger partial charge in [0.15, 0.2) is 0 Å². The Morgan fingerprint density at radius 3 is 2.02 bits per heavy atom. The molecular formula is C51H33NS2. The van der Waals surface area contributed by atoms with Gasteiger partial charge in [-0.15, -0.1) is 22.7 Å². The minimum Gasteiger partial charge on any atom is -0.309 e. The number of hydrogen-bond acceptors (Lipinski definition) is 2. The number of rotatable bonds is 3. The molecule has 0 fully saturated rings. The average molecular weight is 724 g/mol. The molecule has 254 valence electrons. The van der Waals surface area contributed by atoms with E-state index in [0.29, 0.717) is 0 Å². The van der Waals surface area contributed by atoms with Crippen molar-refractivity contribution in [2.45, 2.75) is 19.3 Å². The van der Waals surface area contributed by atoms with E-state index >= 15 is 0 Å². The second-order valence-corrected chi connectivity index (χ2v) is 17.4. The van der Waals surface area contributed by atoms with Gasteiger partial charge in [0.05, 0.1) is 11.0 Å². The Morgan fingerprint density at radius 1 is 0.407 bits per heavy atom. The van der Waals surface area contributed by atoms with Gasteiger partial charge in [0.2, 0.25) is 0 Å². The van der Waals surface area contributed by atoms with Crippen LogP contribution in [0.4, 0.5) is 0 Å². The van der Waals surface area contributed by atoms with Crippen LogP contribution in [0, 0.1) is 0 Å². The maximum absolute atomic E-state index is 2.45. The Morgan fingerprint density at radius 2 is 1.09 bits per heavy atom. The molecule has 12 rings (SSSR count). The molecular weight excluding hydrogens is 691 g/mol. The zero-order chi connectivity index (χ0) is 35.7. The highest BCUT2D eigenvalue weighted by Crippen LogP contribution is 2.54. The van der Waals surface area contributed by atoms with Crippen LogP contribution in [0.5, 0.6) is 0 Å². The van der Waals surface area contributed by atoms with Crippen LogP contribution in [0.2, 0.25) is 0 Å². The van der Waals surface area contributed by atoms with Gasteiger partial charge in [-0.1, -0.05) is 129 Å². The van der Waals surface area contributed by atoms with Crippen molar-refractivity contribution in [2.75, 3.05) is 0 Å². The van der Waals surface area contributed by atoms with Crippen molar-refractivity contribution in [3.8, 4) is 39.1 Å². The van der Waals surface area contributed by atoms with E-state index in [9.17, 15) is 0 Å². The van der Waals surface area contributed by atoms with Crippen molar-refractivity contribution in [1.29, 1.82) is 0 Å². The second-order valence-electron chi connectivity index (χ2n) is 15.3. The molecule has 0 amide bonds. The summed E-state index contributed by atoms with van der Waals surface area (Å²) >= 11 is 3.83. The molecule has 1 aliphatic rings. The lowest BCUT2D eigenvalue weighted by Crippen LogP contribution is -2.14. The highest BCUT2D eigenvalue weighted by atomic mass is 32.1. The first kappa shape index (κ1) is 30.5. The minimum atomic E-state index is -0.0109. The lowest BCUT2D eigenvalue weighted by atomic mass is 9.82. The van der Waals surface area contributed by atoms with Gasteiger partial charge in [0, 0.05) is 67.8 Å². The normalized spacial score (nSPS) is 13.5. The van der Waals surface area contributed by atoms with Crippen LogP contribution >= 0.6 is 22.7 Å². The van der Waals surface area contributed by atoms with Gasteiger partial charge >= 0.3 is 0 Å². The van der Waals surface area contributed by atoms with Gasteiger partial charge in [0.25, 0.3) is 0 Å². The Bertz CT molecular complexity index is 3370. The summed E-state index contributed by atoms with van der Waals surface area (Å²) in [6, 6.07) is 61.3. The summed E-state index contributed by atoms with van der Waals surface area (Å²) in [6.07, 6.45) is 0. The van der Waals surface area contributed by atoms with E-state index in [1.807, 2.05) is 22.7 Å². The summed E-state index contributed by atoms with van der Waals surface area (Å²) in [5, 5.41) is 7.89. The molecule has 1 nitrogen and oxygen atoms in total. The van der Waals surface area contributed by atoms with Crippen molar-refractivity contribution in [3.05, 3.63) is 175 Å². The van der Waals surface area contributed by atoms with Gasteiger partial charge in [-0.2, -0.15) is 0 Å². The number of fused-ring (bicyclic) bond motifs is 13. The summed E-state index contributed by atoms with van der Waals surface area (Å²) in [6.45, 7) is 4.74. The molecule has 0 unspecified atom stereocenters. The standard InChI is InChI=1S/C51H33NS2/c1-51(2)42-18-6-3-15-39(42)48-43(51)24-23-38-37-17-10-16-34(49(37)54-50(38)48)32-11-9-12-33(27-32)52-44-19-7-4-13-35(44)40-28-30(21-25-45(40)52)31-22-26-47-41(29-31)36-14-5-8-20-46(36)53-47/h3-29H,1-2H3. The Kier molecular flexibility index (Phi) is 6.22. The Labute approximate surface area is 321 Å². The molecule has 0 saturated carbocycles. The summed E-state index contributed by atoms with van der Waals surface area (Å²) < 4.78 is 7.87. The van der Waals surface area contributed by atoms with Crippen molar-refractivity contribution >= 4 is 84.8 Å². The Balaban J connectivity index is 1.02. The number of aromatic nitrogens is 1. The molecule has 54 heavy (non-hydrogen) atoms. The first-order valence-electron chi connectivity index (χ1n) is 18.7. The van der Waals surface area contributed by atoms with Gasteiger partial charge in [-0.25, -0.2) is 0 Å². The van der Waals surface area contributed by atoms with Gasteiger partial charge < -0.3 is 4.57 Å². The van der Waals surface area contributed by atoms with Crippen molar-refractivity contribution < 1.29 is 0 Å². The highest BCUT2D eigenvalue weighted by molar-refractivity contribution is 7.27. The van der Waals surface area contributed by atoms with Crippen LogP contribution in [-0.2, 0) is 5.41 Å². The molecule has 0 bridgehead atoms. The summed E-state index contributed by atoms with van der Waals surface area (Å²) in [5.74, 6) is 0. The molecule has 3 heteroatoms. The lowest BCUT2D eigenvalue weighted by Gasteiger charge is -2.21. The van der Waals surface area contributed by atoms with E-state index in [4.69, 9.17) is 0 Å². The summed E-state index contributed by atoms with van der Waals surface area (Å²) in [5.41, 5.74) is 14.3. The van der Waals surface area contributed by atoms with Gasteiger partial charge in [0.1, 0.15) is 0 Å². The van der Waals surface area contributed by atoms with E-state index < -0.39 is 0 Å². The predicted octanol–water partition coefficient (Wildman–Crippen LogP) is 15.2. The lowest BCUT2D eigenvalue weighted by molar-refractivity contribution is 0.661. The largest absolute Gasteiger partial charge is 0.309 e. The molecule has 0 saturated heterocycles. The number of hydrogen-bond donors (Lipinski definition) is 0. The van der Waals surface area contributed by atoms with Crippen LogP contribution in [0.15, 0.2) is 164 Å². The molecule has 11 aromatic rings. The van der Waals surface area contributed by atoms with Crippen LogP contribution in [0.25, 0.3) is 101 Å². The highest BCUT2D eigenvalue weighted by Gasteiger charge is 2.36. The smallest absolute Gasteiger partial charge is 0.0541 e. The van der Waals surface area contributed by atoms with Gasteiger partial charge in [-0.3, -0.25) is 0 Å². The fraction of sp³-hybridized carbons (Fsp3) is 0.0588. The molecule has 8 aromatic carbocycles. The molecule has 0 radical (unpaired) electrons. The Hall–Kier alpha value is -6.00. The van der Waals surface area contributed by atoms with Crippen LogP contribution in [0.3, 0.4) is 0 Å². The van der Waals surface area contributed by atoms with Crippen LogP contribution < -0.4 is 0 Å².